The Hall–Kier alpha value is -2.34. The zero-order chi connectivity index (χ0) is 22.5. The van der Waals surface area contributed by atoms with Crippen molar-refractivity contribution >= 4 is 11.9 Å². The molecule has 2 saturated heterocycles. The fraction of sp³-hybridized carbons (Fsp3) is 0.556. The molecular formula is C18H18F6N2O4. The third kappa shape index (κ3) is 4.10. The highest BCUT2D eigenvalue weighted by Gasteiger charge is 2.54. The van der Waals surface area contributed by atoms with Crippen molar-refractivity contribution in [2.75, 3.05) is 26.7 Å². The average molecular weight is 440 g/mol. The van der Waals surface area contributed by atoms with Gasteiger partial charge in [0.2, 0.25) is 0 Å². The molecule has 1 unspecified atom stereocenters. The fourth-order valence-corrected chi connectivity index (χ4v) is 3.74. The number of hydrogen-bond donors (Lipinski definition) is 1. The Morgan fingerprint density at radius 2 is 1.53 bits per heavy atom. The van der Waals surface area contributed by atoms with Gasteiger partial charge in [-0.1, -0.05) is 0 Å². The number of hydrogen-bond acceptors (Lipinski definition) is 4. The first kappa shape index (κ1) is 22.3. The van der Waals surface area contributed by atoms with E-state index < -0.39 is 59.3 Å². The molecule has 0 radical (unpaired) electrons. The number of rotatable bonds is 2. The third-order valence-electron chi connectivity index (χ3n) is 5.37. The van der Waals surface area contributed by atoms with Crippen LogP contribution in [0.5, 0.6) is 0 Å². The average Bonchev–Trinajstić information content (AvgIpc) is 3.01. The highest BCUT2D eigenvalue weighted by molar-refractivity contribution is 5.98. The molecule has 2 fully saturated rings. The van der Waals surface area contributed by atoms with Crippen LogP contribution in [0.25, 0.3) is 0 Å². The minimum atomic E-state index is -5.13. The molecule has 2 aliphatic rings. The molecule has 3 rings (SSSR count). The summed E-state index contributed by atoms with van der Waals surface area (Å²) in [6.45, 7) is 0.412. The third-order valence-corrected chi connectivity index (χ3v) is 5.37. The number of nitrogens with zero attached hydrogens (tertiary/aromatic N) is 2. The second-order valence-electron chi connectivity index (χ2n) is 7.38. The quantitative estimate of drug-likeness (QED) is 0.716. The van der Waals surface area contributed by atoms with Crippen molar-refractivity contribution in [2.24, 2.45) is 0 Å². The number of aliphatic carboxylic acids is 1. The summed E-state index contributed by atoms with van der Waals surface area (Å²) in [5, 5.41) is 9.47. The second-order valence-corrected chi connectivity index (χ2v) is 7.38. The molecular weight excluding hydrogens is 422 g/mol. The Morgan fingerprint density at radius 1 is 1.03 bits per heavy atom. The summed E-state index contributed by atoms with van der Waals surface area (Å²) in [5.41, 5.74) is -5.60. The number of carboxylic acids is 1. The van der Waals surface area contributed by atoms with Gasteiger partial charge in [-0.25, -0.2) is 4.79 Å². The molecule has 1 amide bonds. The number of benzene rings is 1. The Labute approximate surface area is 167 Å². The lowest BCUT2D eigenvalue weighted by Gasteiger charge is -2.43. The smallest absolute Gasteiger partial charge is 0.416 e. The number of likely N-dealkylation sites (tertiary alicyclic amines) is 1. The van der Waals surface area contributed by atoms with Crippen LogP contribution < -0.4 is 0 Å². The molecule has 1 aromatic carbocycles. The molecule has 0 aliphatic carbocycles. The van der Waals surface area contributed by atoms with E-state index in [2.05, 4.69) is 0 Å². The lowest BCUT2D eigenvalue weighted by Crippen LogP contribution is -2.57. The van der Waals surface area contributed by atoms with Gasteiger partial charge in [0.1, 0.15) is 5.72 Å². The van der Waals surface area contributed by atoms with Crippen LogP contribution in [-0.4, -0.2) is 65.3 Å². The Balaban J connectivity index is 2.09. The van der Waals surface area contributed by atoms with Gasteiger partial charge < -0.3 is 14.7 Å². The highest BCUT2D eigenvalue weighted by Crippen LogP contribution is 2.40. The van der Waals surface area contributed by atoms with Gasteiger partial charge in [-0.15, -0.1) is 0 Å². The summed E-state index contributed by atoms with van der Waals surface area (Å²) in [4.78, 5) is 27.4. The molecule has 1 N–H and O–H groups in total. The summed E-state index contributed by atoms with van der Waals surface area (Å²) in [5.74, 6) is -2.71. The van der Waals surface area contributed by atoms with E-state index in [9.17, 15) is 41.0 Å². The molecule has 0 bridgehead atoms. The topological polar surface area (TPSA) is 70.1 Å². The van der Waals surface area contributed by atoms with Crippen molar-refractivity contribution in [3.63, 3.8) is 0 Å². The number of alkyl halides is 6. The summed E-state index contributed by atoms with van der Waals surface area (Å²) in [6, 6.07) is -1.00. The van der Waals surface area contributed by atoms with Crippen molar-refractivity contribution in [2.45, 2.75) is 37.0 Å². The predicted molar refractivity (Wildman–Crippen MR) is 89.5 cm³/mol. The summed E-state index contributed by atoms with van der Waals surface area (Å²) < 4.78 is 84.5. The number of carbonyl (C=O) groups excluding carboxylic acids is 1. The first-order chi connectivity index (χ1) is 13.7. The first-order valence-corrected chi connectivity index (χ1v) is 8.93. The zero-order valence-corrected chi connectivity index (χ0v) is 15.7. The van der Waals surface area contributed by atoms with Gasteiger partial charge in [0.05, 0.1) is 17.7 Å². The molecule has 1 atom stereocenters. The standard InChI is InChI=1S/C18H18F6N2O4/c1-25-4-2-16(3-5-25)26(13(9-30-16)15(28)29)14(27)10-6-11(17(19,20)21)8-12(7-10)18(22,23)24/h6-8,13H,2-5,9H2,1H3,(H,28,29). The molecule has 6 nitrogen and oxygen atoms in total. The Bertz CT molecular complexity index is 814. The monoisotopic (exact) mass is 440 g/mol. The van der Waals surface area contributed by atoms with Crippen LogP contribution in [0.1, 0.15) is 34.3 Å². The maximum Gasteiger partial charge on any atom is 0.416 e. The predicted octanol–water partition coefficient (Wildman–Crippen LogP) is 3.07. The van der Waals surface area contributed by atoms with Crippen molar-refractivity contribution in [3.8, 4) is 0 Å². The van der Waals surface area contributed by atoms with Gasteiger partial charge in [-0.3, -0.25) is 9.69 Å². The SMILES string of the molecule is CN1CCC2(CC1)OCC(C(=O)O)N2C(=O)c1cc(C(F)(F)F)cc(C(F)(F)F)c1. The molecule has 30 heavy (non-hydrogen) atoms. The van der Waals surface area contributed by atoms with Gasteiger partial charge in [0, 0.05) is 31.5 Å². The minimum Gasteiger partial charge on any atom is -0.480 e. The van der Waals surface area contributed by atoms with Gasteiger partial charge in [0.25, 0.3) is 5.91 Å². The van der Waals surface area contributed by atoms with E-state index in [1.807, 2.05) is 4.90 Å². The highest BCUT2D eigenvalue weighted by atomic mass is 19.4. The van der Waals surface area contributed by atoms with E-state index in [4.69, 9.17) is 4.74 Å². The molecule has 12 heteroatoms. The Morgan fingerprint density at radius 3 is 1.97 bits per heavy atom. The summed E-state index contributed by atoms with van der Waals surface area (Å²) >= 11 is 0. The van der Waals surface area contributed by atoms with Crippen LogP contribution in [0.2, 0.25) is 0 Å². The van der Waals surface area contributed by atoms with Gasteiger partial charge in [-0.05, 0) is 25.2 Å². The maximum absolute atomic E-state index is 13.2. The van der Waals surface area contributed by atoms with Crippen LogP contribution in [0.15, 0.2) is 18.2 Å². The van der Waals surface area contributed by atoms with Crippen molar-refractivity contribution in [1.29, 1.82) is 0 Å². The van der Waals surface area contributed by atoms with Crippen LogP contribution in [0, 0.1) is 0 Å². The molecule has 1 spiro atoms. The number of carboxylic acid groups (broad SMARTS) is 1. The molecule has 2 heterocycles. The van der Waals surface area contributed by atoms with E-state index >= 15 is 0 Å². The van der Waals surface area contributed by atoms with Crippen molar-refractivity contribution in [3.05, 3.63) is 34.9 Å². The maximum atomic E-state index is 13.2. The van der Waals surface area contributed by atoms with Crippen LogP contribution >= 0.6 is 0 Å². The molecule has 0 aromatic heterocycles. The molecule has 2 aliphatic heterocycles. The Kier molecular flexibility index (Phi) is 5.52. The first-order valence-electron chi connectivity index (χ1n) is 8.93. The second kappa shape index (κ2) is 7.41. The lowest BCUT2D eigenvalue weighted by molar-refractivity contribution is -0.145. The van der Waals surface area contributed by atoms with Gasteiger partial charge in [0.15, 0.2) is 6.04 Å². The van der Waals surface area contributed by atoms with Gasteiger partial charge in [-0.2, -0.15) is 26.3 Å². The minimum absolute atomic E-state index is 0.0860. The summed E-state index contributed by atoms with van der Waals surface area (Å²) in [7, 11) is 1.78. The molecule has 1 aromatic rings. The number of halogens is 6. The van der Waals surface area contributed by atoms with Crippen molar-refractivity contribution < 1.29 is 45.8 Å². The van der Waals surface area contributed by atoms with Crippen LogP contribution in [0.3, 0.4) is 0 Å². The number of amides is 1. The van der Waals surface area contributed by atoms with Crippen molar-refractivity contribution in [1.82, 2.24) is 9.80 Å². The van der Waals surface area contributed by atoms with E-state index in [0.717, 1.165) is 4.90 Å². The largest absolute Gasteiger partial charge is 0.480 e. The van der Waals surface area contributed by atoms with E-state index in [1.165, 1.54) is 0 Å². The normalized spacial score (nSPS) is 22.5. The number of ether oxygens (including phenoxy) is 1. The molecule has 0 saturated carbocycles. The fourth-order valence-electron chi connectivity index (χ4n) is 3.74. The van der Waals surface area contributed by atoms with Gasteiger partial charge >= 0.3 is 18.3 Å². The summed E-state index contributed by atoms with van der Waals surface area (Å²) in [6.07, 6.45) is -9.92. The van der Waals surface area contributed by atoms with Crippen LogP contribution in [-0.2, 0) is 21.9 Å². The van der Waals surface area contributed by atoms with E-state index in [-0.39, 0.29) is 18.9 Å². The van der Waals surface area contributed by atoms with E-state index in [1.54, 1.807) is 7.05 Å². The number of carbonyl (C=O) groups is 2. The zero-order valence-electron chi connectivity index (χ0n) is 15.7. The van der Waals surface area contributed by atoms with Crippen LogP contribution in [0.4, 0.5) is 26.3 Å². The molecule has 166 valence electrons. The lowest BCUT2D eigenvalue weighted by atomic mass is 9.96. The van der Waals surface area contributed by atoms with E-state index in [0.29, 0.717) is 25.2 Å². The number of piperidine rings is 1.